The van der Waals surface area contributed by atoms with Crippen LogP contribution in [0, 0.1) is 13.8 Å². The van der Waals surface area contributed by atoms with Gasteiger partial charge >= 0.3 is 0 Å². The molecule has 35 heavy (non-hydrogen) atoms. The molecule has 0 aliphatic rings. The molecule has 3 rings (SSSR count). The van der Waals surface area contributed by atoms with E-state index in [0.717, 1.165) is 33.8 Å². The third-order valence-electron chi connectivity index (χ3n) is 5.38. The molecule has 3 aromatic rings. The number of hydrogen-bond acceptors (Lipinski definition) is 4. The molecule has 0 radical (unpaired) electrons. The van der Waals surface area contributed by atoms with Gasteiger partial charge in [-0.15, -0.1) is 0 Å². The van der Waals surface area contributed by atoms with E-state index < -0.39 is 10.0 Å². The molecule has 186 valence electrons. The summed E-state index contributed by atoms with van der Waals surface area (Å²) in [6.45, 7) is 4.53. The Labute approximate surface area is 221 Å². The third kappa shape index (κ3) is 7.90. The van der Waals surface area contributed by atoms with Crippen molar-refractivity contribution in [2.45, 2.75) is 26.1 Å². The quantitative estimate of drug-likeness (QED) is 0.303. The zero-order chi connectivity index (χ0) is 25.6. The number of amides is 1. The molecule has 0 bridgehead atoms. The summed E-state index contributed by atoms with van der Waals surface area (Å²) < 4.78 is 26.4. The number of anilines is 1. The molecule has 1 N–H and O–H groups in total. The predicted octanol–water partition coefficient (Wildman–Crippen LogP) is 6.24. The Bertz CT molecular complexity index is 1300. The van der Waals surface area contributed by atoms with Gasteiger partial charge in [0, 0.05) is 33.7 Å². The lowest BCUT2D eigenvalue weighted by Gasteiger charge is -2.25. The van der Waals surface area contributed by atoms with Crippen molar-refractivity contribution in [3.05, 3.63) is 98.5 Å². The van der Waals surface area contributed by atoms with E-state index in [0.29, 0.717) is 27.8 Å². The van der Waals surface area contributed by atoms with Crippen LogP contribution in [0.5, 0.6) is 0 Å². The predicted molar refractivity (Wildman–Crippen MR) is 148 cm³/mol. The topological polar surface area (TPSA) is 66.5 Å². The lowest BCUT2D eigenvalue weighted by atomic mass is 10.1. The van der Waals surface area contributed by atoms with Crippen LogP contribution >= 0.6 is 35.0 Å². The van der Waals surface area contributed by atoms with Gasteiger partial charge in [-0.3, -0.25) is 9.10 Å². The second-order valence-corrected chi connectivity index (χ2v) is 12.2. The van der Waals surface area contributed by atoms with Crippen LogP contribution in [0.3, 0.4) is 0 Å². The summed E-state index contributed by atoms with van der Waals surface area (Å²) in [6, 6.07) is 18.2. The number of rotatable bonds is 10. The van der Waals surface area contributed by atoms with Gasteiger partial charge in [-0.25, -0.2) is 8.42 Å². The molecule has 0 aliphatic carbocycles. The summed E-state index contributed by atoms with van der Waals surface area (Å²) >= 11 is 13.8. The zero-order valence-corrected chi connectivity index (χ0v) is 23.0. The van der Waals surface area contributed by atoms with E-state index in [-0.39, 0.29) is 12.5 Å². The number of aryl methyl sites for hydroxylation is 2. The number of hydrogen-bond donors (Lipinski definition) is 1. The van der Waals surface area contributed by atoms with Gasteiger partial charge in [0.2, 0.25) is 10.0 Å². The zero-order valence-electron chi connectivity index (χ0n) is 19.8. The van der Waals surface area contributed by atoms with Crippen molar-refractivity contribution in [3.8, 4) is 0 Å². The van der Waals surface area contributed by atoms with Gasteiger partial charge in [0.05, 0.1) is 18.5 Å². The van der Waals surface area contributed by atoms with E-state index >= 15 is 0 Å². The summed E-state index contributed by atoms with van der Waals surface area (Å²) in [6.07, 6.45) is 1.20. The molecule has 1 amide bonds. The molecular formula is C26H28Cl2N2O3S2. The molecule has 0 saturated heterocycles. The van der Waals surface area contributed by atoms with Crippen LogP contribution in [-0.4, -0.2) is 32.9 Å². The average molecular weight is 552 g/mol. The minimum absolute atomic E-state index is 0.170. The number of thioether (sulfide) groups is 1. The van der Waals surface area contributed by atoms with Crippen LogP contribution in [-0.2, 0) is 22.3 Å². The van der Waals surface area contributed by atoms with E-state index in [1.165, 1.54) is 10.6 Å². The maximum Gasteiger partial charge on any atom is 0.251 e. The number of carbonyl (C=O) groups is 1. The number of halogens is 2. The van der Waals surface area contributed by atoms with Gasteiger partial charge in [0.1, 0.15) is 0 Å². The number of benzene rings is 3. The molecule has 5 nitrogen and oxygen atoms in total. The minimum atomic E-state index is -3.49. The number of sulfonamides is 1. The lowest BCUT2D eigenvalue weighted by molar-refractivity contribution is 0.0956. The third-order valence-corrected chi connectivity index (χ3v) is 8.10. The highest BCUT2D eigenvalue weighted by atomic mass is 35.5. The minimum Gasteiger partial charge on any atom is -0.351 e. The largest absolute Gasteiger partial charge is 0.351 e. The highest BCUT2D eigenvalue weighted by Crippen LogP contribution is 2.26. The fourth-order valence-corrected chi connectivity index (χ4v) is 5.81. The molecule has 0 atom stereocenters. The second kappa shape index (κ2) is 12.2. The Hall–Kier alpha value is -2.19. The summed E-state index contributed by atoms with van der Waals surface area (Å²) in [5.41, 5.74) is 4.85. The van der Waals surface area contributed by atoms with Crippen molar-refractivity contribution in [2.75, 3.05) is 22.9 Å². The van der Waals surface area contributed by atoms with Crippen molar-refractivity contribution in [2.24, 2.45) is 0 Å². The average Bonchev–Trinajstić information content (AvgIpc) is 2.80. The van der Waals surface area contributed by atoms with E-state index in [2.05, 4.69) is 5.32 Å². The summed E-state index contributed by atoms with van der Waals surface area (Å²) in [7, 11) is -3.49. The van der Waals surface area contributed by atoms with Gasteiger partial charge in [-0.2, -0.15) is 11.8 Å². The highest BCUT2D eigenvalue weighted by Gasteiger charge is 2.20. The monoisotopic (exact) mass is 550 g/mol. The SMILES string of the molecule is Cc1ccc(C)c(N(Cc2ccc(C(=O)NCCSCc3ccc(Cl)cc3Cl)cc2)S(C)(=O)=O)c1. The van der Waals surface area contributed by atoms with Gasteiger partial charge in [-0.1, -0.05) is 53.5 Å². The maximum absolute atomic E-state index is 12.5. The Morgan fingerprint density at radius 2 is 1.71 bits per heavy atom. The first kappa shape index (κ1) is 27.4. The number of nitrogens with one attached hydrogen (secondary N) is 1. The van der Waals surface area contributed by atoms with E-state index in [9.17, 15) is 13.2 Å². The summed E-state index contributed by atoms with van der Waals surface area (Å²) in [4.78, 5) is 12.5. The Morgan fingerprint density at radius 1 is 1.00 bits per heavy atom. The first-order valence-electron chi connectivity index (χ1n) is 11.0. The van der Waals surface area contributed by atoms with Gasteiger partial charge < -0.3 is 5.32 Å². The summed E-state index contributed by atoms with van der Waals surface area (Å²) in [5, 5.41) is 4.16. The van der Waals surface area contributed by atoms with Crippen LogP contribution in [0.2, 0.25) is 10.0 Å². The molecule has 0 unspecified atom stereocenters. The fraction of sp³-hybridized carbons (Fsp3) is 0.269. The molecule has 3 aromatic carbocycles. The lowest BCUT2D eigenvalue weighted by Crippen LogP contribution is -2.30. The van der Waals surface area contributed by atoms with Gasteiger partial charge in [-0.05, 0) is 66.4 Å². The molecule has 0 fully saturated rings. The Balaban J connectivity index is 1.55. The first-order chi connectivity index (χ1) is 16.5. The van der Waals surface area contributed by atoms with Gasteiger partial charge in [0.15, 0.2) is 0 Å². The van der Waals surface area contributed by atoms with Crippen molar-refractivity contribution in [1.82, 2.24) is 5.32 Å². The van der Waals surface area contributed by atoms with Crippen molar-refractivity contribution in [1.29, 1.82) is 0 Å². The van der Waals surface area contributed by atoms with Crippen LogP contribution in [0.1, 0.15) is 32.6 Å². The second-order valence-electron chi connectivity index (χ2n) is 8.30. The van der Waals surface area contributed by atoms with Gasteiger partial charge in [0.25, 0.3) is 5.91 Å². The Kier molecular flexibility index (Phi) is 9.53. The van der Waals surface area contributed by atoms with Crippen molar-refractivity contribution in [3.63, 3.8) is 0 Å². The van der Waals surface area contributed by atoms with Crippen LogP contribution in [0.4, 0.5) is 5.69 Å². The number of nitrogens with zero attached hydrogens (tertiary/aromatic N) is 1. The molecule has 0 spiro atoms. The summed E-state index contributed by atoms with van der Waals surface area (Å²) in [5.74, 6) is 1.30. The van der Waals surface area contributed by atoms with Crippen LogP contribution in [0.15, 0.2) is 60.7 Å². The molecule has 9 heteroatoms. The van der Waals surface area contributed by atoms with E-state index in [1.807, 2.05) is 44.2 Å². The molecule has 0 saturated carbocycles. The normalized spacial score (nSPS) is 11.3. The van der Waals surface area contributed by atoms with Crippen LogP contribution in [0.25, 0.3) is 0 Å². The molecule has 0 heterocycles. The van der Waals surface area contributed by atoms with Crippen molar-refractivity contribution >= 4 is 56.6 Å². The fourth-order valence-electron chi connectivity index (χ4n) is 3.46. The molecule has 0 aliphatic heterocycles. The first-order valence-corrected chi connectivity index (χ1v) is 14.7. The van der Waals surface area contributed by atoms with E-state index in [4.69, 9.17) is 23.2 Å². The van der Waals surface area contributed by atoms with Crippen LogP contribution < -0.4 is 9.62 Å². The standard InChI is InChI=1S/C26H28Cl2N2O3S2/c1-18-4-5-19(2)25(14-18)30(35(3,32)33)16-20-6-8-21(9-7-20)26(31)29-12-13-34-17-22-10-11-23(27)15-24(22)28/h4-11,14-15H,12-13,16-17H2,1-3H3,(H,29,31). The Morgan fingerprint density at radius 3 is 2.37 bits per heavy atom. The molecular weight excluding hydrogens is 523 g/mol. The highest BCUT2D eigenvalue weighted by molar-refractivity contribution is 7.98. The molecule has 0 aromatic heterocycles. The van der Waals surface area contributed by atoms with Crippen molar-refractivity contribution < 1.29 is 13.2 Å². The van der Waals surface area contributed by atoms with E-state index in [1.54, 1.807) is 42.1 Å². The smallest absolute Gasteiger partial charge is 0.251 e. The number of carbonyl (C=O) groups excluding carboxylic acids is 1. The maximum atomic E-state index is 12.5.